The molecule has 4 aliphatic rings. The van der Waals surface area contributed by atoms with Gasteiger partial charge in [0.1, 0.15) is 0 Å². The fourth-order valence-corrected chi connectivity index (χ4v) is 5.63. The Labute approximate surface area is 204 Å². The first-order valence-corrected chi connectivity index (χ1v) is 12.4. The van der Waals surface area contributed by atoms with Gasteiger partial charge in [-0.1, -0.05) is 12.2 Å². The SMILES string of the molecule is CC1=NN(C2CCC(C(=O)O)CC2)C(=O)/C1=C\C=C\C1C(C)=NN(C2CCC(C(=O)O)CC2)C1O. The minimum absolute atomic E-state index is 0.0165. The molecule has 3 N–H and O–H groups in total. The minimum Gasteiger partial charge on any atom is -0.481 e. The van der Waals surface area contributed by atoms with Crippen molar-refractivity contribution in [3.63, 3.8) is 0 Å². The Morgan fingerprint density at radius 2 is 1.43 bits per heavy atom. The van der Waals surface area contributed by atoms with Crippen molar-refractivity contribution in [2.75, 3.05) is 0 Å². The predicted octanol–water partition coefficient (Wildman–Crippen LogP) is 2.60. The van der Waals surface area contributed by atoms with E-state index in [2.05, 4.69) is 10.2 Å². The zero-order valence-corrected chi connectivity index (χ0v) is 20.2. The highest BCUT2D eigenvalue weighted by Gasteiger charge is 2.39. The van der Waals surface area contributed by atoms with Gasteiger partial charge in [0.2, 0.25) is 0 Å². The van der Waals surface area contributed by atoms with Crippen LogP contribution in [-0.2, 0) is 14.4 Å². The Hall–Kier alpha value is -3.01. The molecule has 2 aliphatic heterocycles. The van der Waals surface area contributed by atoms with Crippen LogP contribution in [0.1, 0.15) is 65.2 Å². The number of carbonyl (C=O) groups is 3. The predicted molar refractivity (Wildman–Crippen MR) is 128 cm³/mol. The Morgan fingerprint density at radius 1 is 0.886 bits per heavy atom. The lowest BCUT2D eigenvalue weighted by atomic mass is 9.85. The second-order valence-corrected chi connectivity index (χ2v) is 10.0. The van der Waals surface area contributed by atoms with Gasteiger partial charge in [0, 0.05) is 5.71 Å². The normalized spacial score (nSPS) is 35.1. The number of nitrogens with zero attached hydrogens (tertiary/aromatic N) is 4. The number of carboxylic acids is 2. The zero-order chi connectivity index (χ0) is 25.3. The van der Waals surface area contributed by atoms with Gasteiger partial charge >= 0.3 is 11.9 Å². The van der Waals surface area contributed by atoms with E-state index in [1.165, 1.54) is 5.01 Å². The average molecular weight is 487 g/mol. The van der Waals surface area contributed by atoms with Crippen molar-refractivity contribution in [2.24, 2.45) is 28.0 Å². The molecule has 1 amide bonds. The molecule has 2 aliphatic carbocycles. The molecule has 0 aromatic heterocycles. The zero-order valence-electron chi connectivity index (χ0n) is 20.2. The van der Waals surface area contributed by atoms with E-state index in [9.17, 15) is 29.7 Å². The maximum absolute atomic E-state index is 13.0. The van der Waals surface area contributed by atoms with Crippen molar-refractivity contribution in [3.05, 3.63) is 23.8 Å². The molecule has 2 unspecified atom stereocenters. The monoisotopic (exact) mass is 486 g/mol. The minimum atomic E-state index is -0.828. The number of rotatable bonds is 6. The van der Waals surface area contributed by atoms with E-state index in [1.807, 2.05) is 13.0 Å². The van der Waals surface area contributed by atoms with Crippen LogP contribution >= 0.6 is 0 Å². The summed E-state index contributed by atoms with van der Waals surface area (Å²) >= 11 is 0. The summed E-state index contributed by atoms with van der Waals surface area (Å²) < 4.78 is 0. The number of aliphatic hydroxyl groups is 1. The summed E-state index contributed by atoms with van der Waals surface area (Å²) in [5.41, 5.74) is 1.88. The lowest BCUT2D eigenvalue weighted by Gasteiger charge is -2.34. The molecule has 10 heteroatoms. The van der Waals surface area contributed by atoms with Gasteiger partial charge in [-0.15, -0.1) is 0 Å². The van der Waals surface area contributed by atoms with Gasteiger partial charge in [0.25, 0.3) is 5.91 Å². The third-order valence-electron chi connectivity index (χ3n) is 7.83. The number of carbonyl (C=O) groups excluding carboxylic acids is 1. The summed E-state index contributed by atoms with van der Waals surface area (Å²) in [6.45, 7) is 3.64. The molecule has 35 heavy (non-hydrogen) atoms. The van der Waals surface area contributed by atoms with Crippen LogP contribution in [0.5, 0.6) is 0 Å². The fraction of sp³-hybridized carbons (Fsp3) is 0.640. The smallest absolute Gasteiger partial charge is 0.306 e. The number of carboxylic acid groups (broad SMARTS) is 2. The maximum atomic E-state index is 13.0. The summed E-state index contributed by atoms with van der Waals surface area (Å²) in [5, 5.41) is 41.5. The molecule has 4 rings (SSSR count). The van der Waals surface area contributed by atoms with Gasteiger partial charge in [-0.05, 0) is 71.3 Å². The lowest BCUT2D eigenvalue weighted by molar-refractivity contribution is -0.144. The number of aliphatic hydroxyl groups excluding tert-OH is 1. The number of aliphatic carboxylic acids is 2. The van der Waals surface area contributed by atoms with Crippen LogP contribution in [0.4, 0.5) is 0 Å². The molecule has 0 aromatic carbocycles. The molecule has 0 spiro atoms. The summed E-state index contributed by atoms with van der Waals surface area (Å²) in [6.07, 6.45) is 9.34. The van der Waals surface area contributed by atoms with E-state index in [1.54, 1.807) is 24.1 Å². The average Bonchev–Trinajstić information content (AvgIpc) is 3.28. The Bertz CT molecular complexity index is 986. The van der Waals surface area contributed by atoms with Crippen LogP contribution < -0.4 is 0 Å². The highest BCUT2D eigenvalue weighted by atomic mass is 16.4. The van der Waals surface area contributed by atoms with Crippen molar-refractivity contribution in [1.82, 2.24) is 10.0 Å². The van der Waals surface area contributed by atoms with Gasteiger partial charge in [-0.25, -0.2) is 5.01 Å². The van der Waals surface area contributed by atoms with Crippen LogP contribution in [0.25, 0.3) is 0 Å². The number of hydrogen-bond donors (Lipinski definition) is 3. The second kappa shape index (κ2) is 10.3. The molecule has 2 atom stereocenters. The first-order chi connectivity index (χ1) is 16.7. The second-order valence-electron chi connectivity index (χ2n) is 10.0. The van der Waals surface area contributed by atoms with Crippen molar-refractivity contribution in [2.45, 2.75) is 83.5 Å². The standard InChI is InChI=1S/C25H34N4O6/c1-14-20(22(30)28(26-14)18-10-6-16(7-11-18)24(32)33)4-3-5-21-15(2)27-29(23(21)31)19-12-8-17(9-13-19)25(34)35/h3-5,16-20,22,30H,6-13H2,1-2H3,(H,32,33)(H,34,35)/b4-3+,21-5-. The van der Waals surface area contributed by atoms with Gasteiger partial charge in [0.05, 0.1) is 41.1 Å². The van der Waals surface area contributed by atoms with Crippen LogP contribution in [0, 0.1) is 17.8 Å². The highest BCUT2D eigenvalue weighted by Crippen LogP contribution is 2.34. The lowest BCUT2D eigenvalue weighted by Crippen LogP contribution is -2.42. The largest absolute Gasteiger partial charge is 0.481 e. The number of hydrazone groups is 2. The highest BCUT2D eigenvalue weighted by molar-refractivity contribution is 6.24. The Kier molecular flexibility index (Phi) is 7.39. The molecule has 10 nitrogen and oxygen atoms in total. The first-order valence-electron chi connectivity index (χ1n) is 12.4. The van der Waals surface area contributed by atoms with Crippen LogP contribution in [0.15, 0.2) is 34.0 Å². The molecule has 0 bridgehead atoms. The van der Waals surface area contributed by atoms with Crippen molar-refractivity contribution in [3.8, 4) is 0 Å². The van der Waals surface area contributed by atoms with E-state index in [-0.39, 0.29) is 35.7 Å². The molecule has 2 heterocycles. The van der Waals surface area contributed by atoms with E-state index < -0.39 is 18.2 Å². The summed E-state index contributed by atoms with van der Waals surface area (Å²) in [6, 6.07) is -0.0680. The van der Waals surface area contributed by atoms with Crippen LogP contribution in [0.3, 0.4) is 0 Å². The van der Waals surface area contributed by atoms with Crippen molar-refractivity contribution < 1.29 is 29.7 Å². The topological polar surface area (TPSA) is 143 Å². The molecule has 2 fully saturated rings. The quantitative estimate of drug-likeness (QED) is 0.490. The van der Waals surface area contributed by atoms with Crippen molar-refractivity contribution in [1.29, 1.82) is 0 Å². The number of allylic oxidation sites excluding steroid dienone is 2. The molecule has 0 saturated heterocycles. The maximum Gasteiger partial charge on any atom is 0.306 e. The van der Waals surface area contributed by atoms with E-state index in [0.29, 0.717) is 62.7 Å². The van der Waals surface area contributed by atoms with Gasteiger partial charge in [0.15, 0.2) is 6.23 Å². The van der Waals surface area contributed by atoms with Crippen molar-refractivity contribution >= 4 is 29.3 Å². The summed E-state index contributed by atoms with van der Waals surface area (Å²) in [4.78, 5) is 35.4. The summed E-state index contributed by atoms with van der Waals surface area (Å²) in [5.74, 6) is -2.70. The third-order valence-corrected chi connectivity index (χ3v) is 7.83. The van der Waals surface area contributed by atoms with Crippen LogP contribution in [0.2, 0.25) is 0 Å². The van der Waals surface area contributed by atoms with E-state index in [0.717, 1.165) is 5.71 Å². The van der Waals surface area contributed by atoms with Gasteiger partial charge < -0.3 is 15.3 Å². The van der Waals surface area contributed by atoms with Crippen LogP contribution in [-0.4, -0.2) is 72.9 Å². The third kappa shape index (κ3) is 5.17. The Balaban J connectivity index is 1.36. The molecule has 0 aromatic rings. The number of amides is 1. The molecule has 190 valence electrons. The van der Waals surface area contributed by atoms with Gasteiger partial charge in [-0.3, -0.25) is 19.4 Å². The molecule has 2 saturated carbocycles. The molecular formula is C25H34N4O6. The van der Waals surface area contributed by atoms with Gasteiger partial charge in [-0.2, -0.15) is 10.2 Å². The summed E-state index contributed by atoms with van der Waals surface area (Å²) in [7, 11) is 0. The first kappa shape index (κ1) is 25.1. The van der Waals surface area contributed by atoms with E-state index in [4.69, 9.17) is 0 Å². The fourth-order valence-electron chi connectivity index (χ4n) is 5.63. The number of hydrogen-bond acceptors (Lipinski definition) is 7. The molecular weight excluding hydrogens is 452 g/mol. The molecule has 0 radical (unpaired) electrons. The Morgan fingerprint density at radius 3 is 1.97 bits per heavy atom. The van der Waals surface area contributed by atoms with E-state index >= 15 is 0 Å².